The number of benzene rings is 1. The van der Waals surface area contributed by atoms with Crippen LogP contribution in [0.3, 0.4) is 0 Å². The number of halogens is 1. The summed E-state index contributed by atoms with van der Waals surface area (Å²) < 4.78 is 0. The second-order valence-corrected chi connectivity index (χ2v) is 6.54. The van der Waals surface area contributed by atoms with Gasteiger partial charge in [-0.3, -0.25) is 9.59 Å². The lowest BCUT2D eigenvalue weighted by atomic mass is 10.1. The van der Waals surface area contributed by atoms with Crippen LogP contribution in [0.4, 0.5) is 5.69 Å². The van der Waals surface area contributed by atoms with Crippen LogP contribution < -0.4 is 11.1 Å². The maximum Gasteiger partial charge on any atom is 0.253 e. The summed E-state index contributed by atoms with van der Waals surface area (Å²) in [5, 5.41) is 2.90. The van der Waals surface area contributed by atoms with Crippen LogP contribution in [0.2, 0.25) is 0 Å². The zero-order valence-corrected chi connectivity index (χ0v) is 14.1. The number of nitrogens with zero attached hydrogens (tertiary/aromatic N) is 1. The van der Waals surface area contributed by atoms with Gasteiger partial charge in [0.05, 0.1) is 0 Å². The second kappa shape index (κ2) is 7.32. The third-order valence-electron chi connectivity index (χ3n) is 4.59. The highest BCUT2D eigenvalue weighted by Gasteiger charge is 2.39. The number of rotatable bonds is 3. The van der Waals surface area contributed by atoms with E-state index in [4.69, 9.17) is 5.73 Å². The highest BCUT2D eigenvalue weighted by atomic mass is 35.5. The van der Waals surface area contributed by atoms with Crippen LogP contribution in [-0.4, -0.2) is 35.8 Å². The Morgan fingerprint density at radius 2 is 1.91 bits per heavy atom. The van der Waals surface area contributed by atoms with Gasteiger partial charge in [0.1, 0.15) is 0 Å². The number of hydrogen-bond acceptors (Lipinski definition) is 3. The van der Waals surface area contributed by atoms with Crippen molar-refractivity contribution in [3.8, 4) is 0 Å². The van der Waals surface area contributed by atoms with E-state index in [0.717, 1.165) is 31.5 Å². The fourth-order valence-corrected chi connectivity index (χ4v) is 3.00. The largest absolute Gasteiger partial charge is 0.337 e. The van der Waals surface area contributed by atoms with Crippen LogP contribution >= 0.6 is 12.4 Å². The van der Waals surface area contributed by atoms with Gasteiger partial charge in [0.2, 0.25) is 5.91 Å². The first-order valence-electron chi connectivity index (χ1n) is 8.00. The molecule has 1 aromatic rings. The molecule has 1 heterocycles. The molecule has 1 aliphatic heterocycles. The first-order chi connectivity index (χ1) is 10.5. The number of piperidine rings is 1. The van der Waals surface area contributed by atoms with Gasteiger partial charge in [-0.1, -0.05) is 6.92 Å². The minimum Gasteiger partial charge on any atom is -0.337 e. The molecule has 0 aromatic heterocycles. The van der Waals surface area contributed by atoms with Crippen LogP contribution in [0.1, 0.15) is 36.5 Å². The lowest BCUT2D eigenvalue weighted by Gasteiger charge is -2.30. The van der Waals surface area contributed by atoms with E-state index in [1.54, 1.807) is 24.3 Å². The number of nitrogens with one attached hydrogen (secondary N) is 1. The lowest BCUT2D eigenvalue weighted by molar-refractivity contribution is -0.117. The monoisotopic (exact) mass is 337 g/mol. The molecule has 3 atom stereocenters. The maximum absolute atomic E-state index is 12.4. The van der Waals surface area contributed by atoms with Gasteiger partial charge < -0.3 is 16.0 Å². The zero-order chi connectivity index (χ0) is 15.7. The SMILES string of the molecule is CC1CC1C(=O)Nc1ccc(C(=O)N2CCCC(N)C2)cc1.Cl. The van der Waals surface area contributed by atoms with Crippen molar-refractivity contribution in [2.75, 3.05) is 18.4 Å². The third kappa shape index (κ3) is 4.24. The van der Waals surface area contributed by atoms with Gasteiger partial charge in [-0.15, -0.1) is 12.4 Å². The molecule has 23 heavy (non-hydrogen) atoms. The average molecular weight is 338 g/mol. The average Bonchev–Trinajstić information content (AvgIpc) is 3.24. The van der Waals surface area contributed by atoms with Gasteiger partial charge in [0, 0.05) is 36.3 Å². The molecule has 126 valence electrons. The number of anilines is 1. The van der Waals surface area contributed by atoms with Gasteiger partial charge in [0.15, 0.2) is 0 Å². The van der Waals surface area contributed by atoms with Gasteiger partial charge in [-0.25, -0.2) is 0 Å². The highest BCUT2D eigenvalue weighted by Crippen LogP contribution is 2.38. The topological polar surface area (TPSA) is 75.4 Å². The summed E-state index contributed by atoms with van der Waals surface area (Å²) in [4.78, 5) is 26.1. The van der Waals surface area contributed by atoms with Crippen LogP contribution in [-0.2, 0) is 4.79 Å². The summed E-state index contributed by atoms with van der Waals surface area (Å²) >= 11 is 0. The van der Waals surface area contributed by atoms with E-state index >= 15 is 0 Å². The van der Waals surface area contributed by atoms with Crippen LogP contribution in [0.15, 0.2) is 24.3 Å². The van der Waals surface area contributed by atoms with E-state index < -0.39 is 0 Å². The molecule has 2 aliphatic rings. The fraction of sp³-hybridized carbons (Fsp3) is 0.529. The molecule has 0 radical (unpaired) electrons. The molecule has 3 rings (SSSR count). The van der Waals surface area contributed by atoms with Gasteiger partial charge in [-0.05, 0) is 49.4 Å². The highest BCUT2D eigenvalue weighted by molar-refractivity contribution is 5.97. The molecule has 0 spiro atoms. The van der Waals surface area contributed by atoms with E-state index in [2.05, 4.69) is 12.2 Å². The number of carbonyl (C=O) groups is 2. The molecule has 1 saturated carbocycles. The number of amides is 2. The van der Waals surface area contributed by atoms with Crippen molar-refractivity contribution >= 4 is 29.9 Å². The third-order valence-corrected chi connectivity index (χ3v) is 4.59. The minimum atomic E-state index is 0. The first-order valence-corrected chi connectivity index (χ1v) is 8.00. The van der Waals surface area contributed by atoms with Crippen molar-refractivity contribution in [1.82, 2.24) is 4.90 Å². The summed E-state index contributed by atoms with van der Waals surface area (Å²) in [6.07, 6.45) is 2.91. The summed E-state index contributed by atoms with van der Waals surface area (Å²) in [6.45, 7) is 3.47. The Kier molecular flexibility index (Phi) is 5.65. The summed E-state index contributed by atoms with van der Waals surface area (Å²) in [5.74, 6) is 0.734. The Hall–Kier alpha value is -1.59. The molecular formula is C17H24ClN3O2. The smallest absolute Gasteiger partial charge is 0.253 e. The van der Waals surface area contributed by atoms with E-state index in [9.17, 15) is 9.59 Å². The minimum absolute atomic E-state index is 0. The fourth-order valence-electron chi connectivity index (χ4n) is 3.00. The predicted molar refractivity (Wildman–Crippen MR) is 92.7 cm³/mol. The Labute approximate surface area is 143 Å². The molecule has 2 fully saturated rings. The van der Waals surface area contributed by atoms with Crippen LogP contribution in [0.25, 0.3) is 0 Å². The molecular weight excluding hydrogens is 314 g/mol. The van der Waals surface area contributed by atoms with Crippen molar-refractivity contribution in [3.05, 3.63) is 29.8 Å². The maximum atomic E-state index is 12.4. The molecule has 5 nitrogen and oxygen atoms in total. The van der Waals surface area contributed by atoms with Gasteiger partial charge in [-0.2, -0.15) is 0 Å². The molecule has 1 aromatic carbocycles. The van der Waals surface area contributed by atoms with Crippen molar-refractivity contribution < 1.29 is 9.59 Å². The molecule has 3 N–H and O–H groups in total. The lowest BCUT2D eigenvalue weighted by Crippen LogP contribution is -2.45. The van der Waals surface area contributed by atoms with E-state index in [0.29, 0.717) is 18.0 Å². The first kappa shape index (κ1) is 17.8. The number of hydrogen-bond donors (Lipinski definition) is 2. The normalized spacial score (nSPS) is 26.2. The van der Waals surface area contributed by atoms with Crippen molar-refractivity contribution in [2.45, 2.75) is 32.2 Å². The Morgan fingerprint density at radius 3 is 2.48 bits per heavy atom. The Balaban J connectivity index is 0.00000192. The van der Waals surface area contributed by atoms with E-state index in [1.165, 1.54) is 0 Å². The Morgan fingerprint density at radius 1 is 1.26 bits per heavy atom. The molecule has 3 unspecified atom stereocenters. The van der Waals surface area contributed by atoms with E-state index in [1.807, 2.05) is 4.90 Å². The Bertz CT molecular complexity index is 576. The number of likely N-dealkylation sites (tertiary alicyclic amines) is 1. The molecule has 2 amide bonds. The van der Waals surface area contributed by atoms with Crippen molar-refractivity contribution in [2.24, 2.45) is 17.6 Å². The second-order valence-electron chi connectivity index (χ2n) is 6.54. The van der Waals surface area contributed by atoms with Gasteiger partial charge in [0.25, 0.3) is 5.91 Å². The summed E-state index contributed by atoms with van der Waals surface area (Å²) in [5.41, 5.74) is 7.32. The summed E-state index contributed by atoms with van der Waals surface area (Å²) in [6, 6.07) is 7.21. The molecule has 0 bridgehead atoms. The summed E-state index contributed by atoms with van der Waals surface area (Å²) in [7, 11) is 0. The van der Waals surface area contributed by atoms with E-state index in [-0.39, 0.29) is 36.2 Å². The van der Waals surface area contributed by atoms with Crippen LogP contribution in [0.5, 0.6) is 0 Å². The predicted octanol–water partition coefficient (Wildman–Crippen LogP) is 2.27. The van der Waals surface area contributed by atoms with Crippen molar-refractivity contribution in [3.63, 3.8) is 0 Å². The zero-order valence-electron chi connectivity index (χ0n) is 13.3. The van der Waals surface area contributed by atoms with Crippen LogP contribution in [0, 0.1) is 11.8 Å². The number of carbonyl (C=O) groups excluding carboxylic acids is 2. The quantitative estimate of drug-likeness (QED) is 0.888. The van der Waals surface area contributed by atoms with Crippen molar-refractivity contribution in [1.29, 1.82) is 0 Å². The molecule has 1 aliphatic carbocycles. The molecule has 6 heteroatoms. The number of nitrogens with two attached hydrogens (primary N) is 1. The van der Waals surface area contributed by atoms with Gasteiger partial charge >= 0.3 is 0 Å². The standard InChI is InChI=1S/C17H23N3O2.ClH/c1-11-9-15(11)16(21)19-14-6-4-12(5-7-14)17(22)20-8-2-3-13(18)10-20;/h4-7,11,13,15H,2-3,8-10,18H2,1H3,(H,19,21);1H. The molecule has 1 saturated heterocycles.